The Balaban J connectivity index is 1.57. The number of benzene rings is 1. The van der Waals surface area contributed by atoms with Crippen LogP contribution in [0.5, 0.6) is 5.75 Å². The van der Waals surface area contributed by atoms with E-state index < -0.39 is 0 Å². The zero-order chi connectivity index (χ0) is 13.5. The van der Waals surface area contributed by atoms with Gasteiger partial charge in [0.15, 0.2) is 0 Å². The standard InChI is InChI=1S/C17H27NO/c1-3-15-10-11-17(14(15)2)18-12-7-13-19-16-8-5-4-6-9-16/h4-6,8-9,14-15,17-18H,3,7,10-13H2,1-2H3. The highest BCUT2D eigenvalue weighted by Gasteiger charge is 2.30. The van der Waals surface area contributed by atoms with Crippen molar-refractivity contribution in [1.82, 2.24) is 5.32 Å². The average molecular weight is 261 g/mol. The molecule has 0 radical (unpaired) electrons. The van der Waals surface area contributed by atoms with E-state index in [1.165, 1.54) is 19.3 Å². The van der Waals surface area contributed by atoms with Crippen molar-refractivity contribution in [2.45, 2.75) is 45.6 Å². The van der Waals surface area contributed by atoms with Gasteiger partial charge < -0.3 is 10.1 Å². The third-order valence-electron chi connectivity index (χ3n) is 4.49. The first-order valence-corrected chi connectivity index (χ1v) is 7.72. The third-order valence-corrected chi connectivity index (χ3v) is 4.49. The Kier molecular flexibility index (Phi) is 5.71. The van der Waals surface area contributed by atoms with Gasteiger partial charge in [0.05, 0.1) is 6.61 Å². The summed E-state index contributed by atoms with van der Waals surface area (Å²) < 4.78 is 5.70. The fraction of sp³-hybridized carbons (Fsp3) is 0.647. The second-order valence-corrected chi connectivity index (χ2v) is 5.68. The Labute approximate surface area is 117 Å². The summed E-state index contributed by atoms with van der Waals surface area (Å²) in [5, 5.41) is 3.70. The van der Waals surface area contributed by atoms with E-state index in [2.05, 4.69) is 19.2 Å². The van der Waals surface area contributed by atoms with Gasteiger partial charge in [0.2, 0.25) is 0 Å². The van der Waals surface area contributed by atoms with Crippen LogP contribution in [0.1, 0.15) is 39.5 Å². The molecule has 1 N–H and O–H groups in total. The normalized spacial score (nSPS) is 26.5. The summed E-state index contributed by atoms with van der Waals surface area (Å²) in [7, 11) is 0. The van der Waals surface area contributed by atoms with Gasteiger partial charge in [-0.15, -0.1) is 0 Å². The molecule has 3 unspecified atom stereocenters. The molecule has 106 valence electrons. The Morgan fingerprint density at radius 3 is 2.68 bits per heavy atom. The number of ether oxygens (including phenoxy) is 1. The van der Waals surface area contributed by atoms with Crippen molar-refractivity contribution in [3.63, 3.8) is 0 Å². The summed E-state index contributed by atoms with van der Waals surface area (Å²) in [6.07, 6.45) is 5.15. The van der Waals surface area contributed by atoms with Crippen molar-refractivity contribution in [1.29, 1.82) is 0 Å². The molecule has 2 nitrogen and oxygen atoms in total. The van der Waals surface area contributed by atoms with E-state index in [-0.39, 0.29) is 0 Å². The summed E-state index contributed by atoms with van der Waals surface area (Å²) in [4.78, 5) is 0. The van der Waals surface area contributed by atoms with Gasteiger partial charge in [0, 0.05) is 6.04 Å². The lowest BCUT2D eigenvalue weighted by atomic mass is 9.93. The average Bonchev–Trinajstić information content (AvgIpc) is 2.80. The van der Waals surface area contributed by atoms with E-state index in [0.717, 1.165) is 43.2 Å². The van der Waals surface area contributed by atoms with E-state index in [4.69, 9.17) is 4.74 Å². The van der Waals surface area contributed by atoms with Crippen molar-refractivity contribution >= 4 is 0 Å². The first-order chi connectivity index (χ1) is 9.31. The monoisotopic (exact) mass is 261 g/mol. The van der Waals surface area contributed by atoms with E-state index in [1.54, 1.807) is 0 Å². The molecule has 1 aliphatic carbocycles. The molecule has 1 fully saturated rings. The van der Waals surface area contributed by atoms with Crippen LogP contribution < -0.4 is 10.1 Å². The summed E-state index contributed by atoms with van der Waals surface area (Å²) in [5.41, 5.74) is 0. The molecule has 0 heterocycles. The first kappa shape index (κ1) is 14.4. The quantitative estimate of drug-likeness (QED) is 0.752. The molecule has 2 heteroatoms. The number of rotatable bonds is 7. The molecule has 1 aliphatic rings. The lowest BCUT2D eigenvalue weighted by Crippen LogP contribution is -2.33. The van der Waals surface area contributed by atoms with Gasteiger partial charge in [-0.05, 0) is 49.8 Å². The van der Waals surface area contributed by atoms with E-state index in [1.807, 2.05) is 30.3 Å². The predicted octanol–water partition coefficient (Wildman–Crippen LogP) is 3.87. The summed E-state index contributed by atoms with van der Waals surface area (Å²) in [6.45, 7) is 6.59. The molecule has 0 saturated heterocycles. The van der Waals surface area contributed by atoms with Gasteiger partial charge in [0.25, 0.3) is 0 Å². The topological polar surface area (TPSA) is 21.3 Å². The van der Waals surface area contributed by atoms with Crippen LogP contribution in [0.25, 0.3) is 0 Å². The molecule has 1 aromatic carbocycles. The smallest absolute Gasteiger partial charge is 0.119 e. The van der Waals surface area contributed by atoms with Gasteiger partial charge in [0.1, 0.15) is 5.75 Å². The zero-order valence-electron chi connectivity index (χ0n) is 12.3. The second-order valence-electron chi connectivity index (χ2n) is 5.68. The molecule has 19 heavy (non-hydrogen) atoms. The molecule has 0 spiro atoms. The van der Waals surface area contributed by atoms with E-state index in [0.29, 0.717) is 0 Å². The first-order valence-electron chi connectivity index (χ1n) is 7.72. The highest BCUT2D eigenvalue weighted by Crippen LogP contribution is 2.33. The minimum Gasteiger partial charge on any atom is -0.494 e. The molecule has 3 atom stereocenters. The van der Waals surface area contributed by atoms with Crippen LogP contribution in [0.3, 0.4) is 0 Å². The van der Waals surface area contributed by atoms with Crippen molar-refractivity contribution in [3.05, 3.63) is 30.3 Å². The van der Waals surface area contributed by atoms with Gasteiger partial charge in [-0.1, -0.05) is 38.5 Å². The summed E-state index contributed by atoms with van der Waals surface area (Å²) >= 11 is 0. The van der Waals surface area contributed by atoms with Crippen LogP contribution in [0.4, 0.5) is 0 Å². The zero-order valence-corrected chi connectivity index (χ0v) is 12.3. The molecule has 1 saturated carbocycles. The van der Waals surface area contributed by atoms with Crippen LogP contribution in [-0.4, -0.2) is 19.2 Å². The van der Waals surface area contributed by atoms with Crippen molar-refractivity contribution in [3.8, 4) is 5.75 Å². The Morgan fingerprint density at radius 1 is 1.21 bits per heavy atom. The SMILES string of the molecule is CCC1CCC(NCCCOc2ccccc2)C1C. The Morgan fingerprint density at radius 2 is 2.00 bits per heavy atom. The molecule has 0 amide bonds. The lowest BCUT2D eigenvalue weighted by Gasteiger charge is -2.21. The summed E-state index contributed by atoms with van der Waals surface area (Å²) in [5.74, 6) is 2.74. The summed E-state index contributed by atoms with van der Waals surface area (Å²) in [6, 6.07) is 10.8. The fourth-order valence-corrected chi connectivity index (χ4v) is 3.18. The van der Waals surface area contributed by atoms with Crippen LogP contribution >= 0.6 is 0 Å². The largest absolute Gasteiger partial charge is 0.494 e. The number of hydrogen-bond acceptors (Lipinski definition) is 2. The van der Waals surface area contributed by atoms with Crippen LogP contribution in [0, 0.1) is 11.8 Å². The number of para-hydroxylation sites is 1. The van der Waals surface area contributed by atoms with Gasteiger partial charge in [-0.3, -0.25) is 0 Å². The van der Waals surface area contributed by atoms with Gasteiger partial charge in [-0.2, -0.15) is 0 Å². The van der Waals surface area contributed by atoms with Crippen molar-refractivity contribution in [2.24, 2.45) is 11.8 Å². The van der Waals surface area contributed by atoms with Gasteiger partial charge in [-0.25, -0.2) is 0 Å². The number of nitrogens with one attached hydrogen (secondary N) is 1. The van der Waals surface area contributed by atoms with Crippen molar-refractivity contribution in [2.75, 3.05) is 13.2 Å². The fourth-order valence-electron chi connectivity index (χ4n) is 3.18. The molecule has 0 aromatic heterocycles. The maximum absolute atomic E-state index is 5.70. The Hall–Kier alpha value is -1.02. The molecule has 2 rings (SSSR count). The van der Waals surface area contributed by atoms with Crippen molar-refractivity contribution < 1.29 is 4.74 Å². The van der Waals surface area contributed by atoms with Gasteiger partial charge >= 0.3 is 0 Å². The van der Waals surface area contributed by atoms with Crippen LogP contribution in [0.15, 0.2) is 30.3 Å². The highest BCUT2D eigenvalue weighted by atomic mass is 16.5. The second kappa shape index (κ2) is 7.54. The maximum Gasteiger partial charge on any atom is 0.119 e. The Bertz CT molecular complexity index is 352. The van der Waals surface area contributed by atoms with E-state index >= 15 is 0 Å². The maximum atomic E-state index is 5.70. The minimum absolute atomic E-state index is 0.724. The highest BCUT2D eigenvalue weighted by molar-refractivity contribution is 5.20. The lowest BCUT2D eigenvalue weighted by molar-refractivity contribution is 0.294. The molecule has 0 bridgehead atoms. The third kappa shape index (κ3) is 4.24. The number of hydrogen-bond donors (Lipinski definition) is 1. The minimum atomic E-state index is 0.724. The van der Waals surface area contributed by atoms with E-state index in [9.17, 15) is 0 Å². The molecule has 0 aliphatic heterocycles. The van der Waals surface area contributed by atoms with Crippen LogP contribution in [-0.2, 0) is 0 Å². The molecular formula is C17H27NO. The van der Waals surface area contributed by atoms with Crippen LogP contribution in [0.2, 0.25) is 0 Å². The predicted molar refractivity (Wildman–Crippen MR) is 80.5 cm³/mol. The molecular weight excluding hydrogens is 234 g/mol. The molecule has 1 aromatic rings.